The Kier molecular flexibility index (Phi) is 6.58. The van der Waals surface area contributed by atoms with E-state index in [1.807, 2.05) is 6.07 Å². The monoisotopic (exact) mass is 348 g/mol. The number of likely N-dealkylation sites (N-methyl/N-ethyl adjacent to an activating group) is 1. The predicted molar refractivity (Wildman–Crippen MR) is 76.7 cm³/mol. The third kappa shape index (κ3) is 5.43. The summed E-state index contributed by atoms with van der Waals surface area (Å²) in [6.07, 6.45) is 0. The number of hydrogen-bond donors (Lipinski definition) is 1. The van der Waals surface area contributed by atoms with Crippen LogP contribution in [-0.2, 0) is 6.54 Å². The highest BCUT2D eigenvalue weighted by Gasteiger charge is 1.98. The van der Waals surface area contributed by atoms with Crippen molar-refractivity contribution in [1.29, 1.82) is 0 Å². The van der Waals surface area contributed by atoms with Gasteiger partial charge in [0.1, 0.15) is 0 Å². The molecule has 0 radical (unpaired) electrons. The van der Waals surface area contributed by atoms with Crippen molar-refractivity contribution in [3.8, 4) is 0 Å². The zero-order valence-electron chi connectivity index (χ0n) is 9.76. The molecule has 0 aliphatic heterocycles. The van der Waals surface area contributed by atoms with E-state index in [4.69, 9.17) is 0 Å². The van der Waals surface area contributed by atoms with E-state index >= 15 is 0 Å². The van der Waals surface area contributed by atoms with Crippen molar-refractivity contribution < 1.29 is 0 Å². The minimum atomic E-state index is 0.912. The minimum absolute atomic E-state index is 0.912. The predicted octanol–water partition coefficient (Wildman–Crippen LogP) is 3.25. The third-order valence-electron chi connectivity index (χ3n) is 2.46. The molecule has 0 aliphatic rings. The highest BCUT2D eigenvalue weighted by molar-refractivity contribution is 9.11. The lowest BCUT2D eigenvalue weighted by Gasteiger charge is -2.14. The van der Waals surface area contributed by atoms with Crippen LogP contribution in [0, 0.1) is 0 Å². The maximum Gasteiger partial charge on any atom is 0.0206 e. The van der Waals surface area contributed by atoms with Crippen LogP contribution >= 0.6 is 31.9 Å². The molecule has 0 aromatic heterocycles. The van der Waals surface area contributed by atoms with Crippen LogP contribution in [0.25, 0.3) is 0 Å². The fraction of sp³-hybridized carbons (Fsp3) is 0.500. The summed E-state index contributed by atoms with van der Waals surface area (Å²) in [6.45, 7) is 6.30. The van der Waals surface area contributed by atoms with Gasteiger partial charge in [-0.3, -0.25) is 0 Å². The molecule has 1 rings (SSSR count). The van der Waals surface area contributed by atoms with E-state index in [0.29, 0.717) is 0 Å². The van der Waals surface area contributed by atoms with Crippen molar-refractivity contribution in [1.82, 2.24) is 10.2 Å². The van der Waals surface area contributed by atoms with Gasteiger partial charge in [0.15, 0.2) is 0 Å². The zero-order valence-corrected chi connectivity index (χ0v) is 12.9. The Morgan fingerprint density at radius 1 is 1.19 bits per heavy atom. The van der Waals surface area contributed by atoms with Crippen LogP contribution < -0.4 is 5.32 Å². The van der Waals surface area contributed by atoms with Crippen LogP contribution in [0.1, 0.15) is 12.5 Å². The second-order valence-electron chi connectivity index (χ2n) is 3.85. The molecule has 1 N–H and O–H groups in total. The van der Waals surface area contributed by atoms with E-state index in [1.165, 1.54) is 5.56 Å². The molecule has 0 atom stereocenters. The van der Waals surface area contributed by atoms with Gasteiger partial charge in [-0.2, -0.15) is 0 Å². The Bertz CT molecular complexity index is 309. The number of rotatable bonds is 6. The molecule has 0 spiro atoms. The highest BCUT2D eigenvalue weighted by atomic mass is 79.9. The van der Waals surface area contributed by atoms with Crippen molar-refractivity contribution in [3.05, 3.63) is 32.7 Å². The number of nitrogens with zero attached hydrogens (tertiary/aromatic N) is 1. The van der Waals surface area contributed by atoms with E-state index in [2.05, 4.69) is 68.2 Å². The second kappa shape index (κ2) is 7.43. The van der Waals surface area contributed by atoms with Gasteiger partial charge in [0.05, 0.1) is 0 Å². The summed E-state index contributed by atoms with van der Waals surface area (Å²) in [6, 6.07) is 6.33. The summed E-state index contributed by atoms with van der Waals surface area (Å²) in [5, 5.41) is 3.44. The van der Waals surface area contributed by atoms with E-state index < -0.39 is 0 Å². The van der Waals surface area contributed by atoms with E-state index in [0.717, 1.165) is 35.1 Å². The molecule has 0 saturated heterocycles. The molecular formula is C12H18Br2N2. The summed E-state index contributed by atoms with van der Waals surface area (Å²) in [5.74, 6) is 0. The van der Waals surface area contributed by atoms with Gasteiger partial charge in [-0.1, -0.05) is 38.8 Å². The van der Waals surface area contributed by atoms with Gasteiger partial charge in [0.25, 0.3) is 0 Å². The molecule has 1 aromatic carbocycles. The number of hydrogen-bond acceptors (Lipinski definition) is 2. The summed E-state index contributed by atoms with van der Waals surface area (Å²) in [5.41, 5.74) is 1.29. The van der Waals surface area contributed by atoms with Gasteiger partial charge < -0.3 is 10.2 Å². The molecular weight excluding hydrogens is 332 g/mol. The third-order valence-corrected chi connectivity index (χ3v) is 3.38. The van der Waals surface area contributed by atoms with Gasteiger partial charge in [-0.05, 0) is 37.4 Å². The van der Waals surface area contributed by atoms with Crippen molar-refractivity contribution in [2.24, 2.45) is 0 Å². The summed E-state index contributed by atoms with van der Waals surface area (Å²) >= 11 is 6.98. The van der Waals surface area contributed by atoms with Gasteiger partial charge in [0, 0.05) is 28.6 Å². The average Bonchev–Trinajstić information content (AvgIpc) is 2.22. The summed E-state index contributed by atoms with van der Waals surface area (Å²) in [7, 11) is 2.14. The first kappa shape index (κ1) is 14.2. The number of nitrogens with one attached hydrogen (secondary N) is 1. The molecule has 0 aliphatic carbocycles. The van der Waals surface area contributed by atoms with Crippen LogP contribution in [0.3, 0.4) is 0 Å². The minimum Gasteiger partial charge on any atom is -0.311 e. The van der Waals surface area contributed by atoms with Crippen molar-refractivity contribution in [3.63, 3.8) is 0 Å². The van der Waals surface area contributed by atoms with E-state index in [1.54, 1.807) is 0 Å². The lowest BCUT2D eigenvalue weighted by Crippen LogP contribution is -2.28. The Labute approximate surface area is 115 Å². The van der Waals surface area contributed by atoms with Crippen molar-refractivity contribution in [2.45, 2.75) is 13.5 Å². The van der Waals surface area contributed by atoms with Gasteiger partial charge in [-0.25, -0.2) is 0 Å². The first-order chi connectivity index (χ1) is 7.61. The molecule has 0 fully saturated rings. The standard InChI is InChI=1S/C12H18Br2N2/c1-3-16(2)5-4-15-9-10-6-11(13)8-12(14)7-10/h6-8,15H,3-5,9H2,1-2H3. The normalized spacial score (nSPS) is 11.1. The first-order valence-electron chi connectivity index (χ1n) is 5.46. The maximum atomic E-state index is 3.49. The Hall–Kier alpha value is 0.1000. The molecule has 0 unspecified atom stereocenters. The summed E-state index contributed by atoms with van der Waals surface area (Å²) < 4.78 is 2.23. The number of halogens is 2. The van der Waals surface area contributed by atoms with Crippen LogP contribution in [0.2, 0.25) is 0 Å². The van der Waals surface area contributed by atoms with Crippen LogP contribution in [0.5, 0.6) is 0 Å². The molecule has 16 heavy (non-hydrogen) atoms. The lowest BCUT2D eigenvalue weighted by atomic mass is 10.2. The number of benzene rings is 1. The molecule has 0 bridgehead atoms. The smallest absolute Gasteiger partial charge is 0.0206 e. The summed E-state index contributed by atoms with van der Waals surface area (Å²) in [4.78, 5) is 2.30. The Morgan fingerprint density at radius 3 is 2.38 bits per heavy atom. The van der Waals surface area contributed by atoms with E-state index in [-0.39, 0.29) is 0 Å². The van der Waals surface area contributed by atoms with Gasteiger partial charge >= 0.3 is 0 Å². The lowest BCUT2D eigenvalue weighted by molar-refractivity contribution is 0.349. The topological polar surface area (TPSA) is 15.3 Å². The van der Waals surface area contributed by atoms with Gasteiger partial charge in [-0.15, -0.1) is 0 Å². The average molecular weight is 350 g/mol. The second-order valence-corrected chi connectivity index (χ2v) is 5.68. The first-order valence-corrected chi connectivity index (χ1v) is 7.04. The van der Waals surface area contributed by atoms with Gasteiger partial charge in [0.2, 0.25) is 0 Å². The van der Waals surface area contributed by atoms with Crippen LogP contribution in [0.4, 0.5) is 0 Å². The molecule has 4 heteroatoms. The molecule has 0 heterocycles. The highest BCUT2D eigenvalue weighted by Crippen LogP contribution is 2.19. The van der Waals surface area contributed by atoms with Crippen molar-refractivity contribution in [2.75, 3.05) is 26.7 Å². The fourth-order valence-corrected chi connectivity index (χ4v) is 2.76. The maximum absolute atomic E-state index is 3.49. The molecule has 0 saturated carbocycles. The largest absolute Gasteiger partial charge is 0.311 e. The Morgan fingerprint density at radius 2 is 1.81 bits per heavy atom. The molecule has 90 valence electrons. The van der Waals surface area contributed by atoms with E-state index in [9.17, 15) is 0 Å². The SMILES string of the molecule is CCN(C)CCNCc1cc(Br)cc(Br)c1. The van der Waals surface area contributed by atoms with Crippen LogP contribution in [-0.4, -0.2) is 31.6 Å². The fourth-order valence-electron chi connectivity index (χ4n) is 1.37. The van der Waals surface area contributed by atoms with Crippen molar-refractivity contribution >= 4 is 31.9 Å². The zero-order chi connectivity index (χ0) is 12.0. The quantitative estimate of drug-likeness (QED) is 0.793. The molecule has 0 amide bonds. The Balaban J connectivity index is 2.32. The molecule has 2 nitrogen and oxygen atoms in total. The molecule has 1 aromatic rings. The van der Waals surface area contributed by atoms with Crippen LogP contribution in [0.15, 0.2) is 27.1 Å².